The van der Waals surface area contributed by atoms with Crippen LogP contribution in [0.2, 0.25) is 0 Å². The lowest BCUT2D eigenvalue weighted by Crippen LogP contribution is -2.02. The summed E-state index contributed by atoms with van der Waals surface area (Å²) in [5.74, 6) is 0.171. The average molecular weight is 274 g/mol. The third-order valence-corrected chi connectivity index (χ3v) is 3.69. The summed E-state index contributed by atoms with van der Waals surface area (Å²) in [6.45, 7) is 4.39. The molecular formula is C16H22N2O2. The summed E-state index contributed by atoms with van der Waals surface area (Å²) in [6, 6.07) is 5.52. The van der Waals surface area contributed by atoms with Gasteiger partial charge in [-0.15, -0.1) is 0 Å². The highest BCUT2D eigenvalue weighted by Gasteiger charge is 2.17. The van der Waals surface area contributed by atoms with Crippen LogP contribution in [0.5, 0.6) is 0 Å². The minimum Gasteiger partial charge on any atom is -0.465 e. The van der Waals surface area contributed by atoms with Gasteiger partial charge < -0.3 is 4.74 Å². The normalized spacial score (nSPS) is 11.2. The monoisotopic (exact) mass is 274 g/mol. The minimum absolute atomic E-state index is 0.304. The molecule has 0 spiro atoms. The summed E-state index contributed by atoms with van der Waals surface area (Å²) < 4.78 is 4.79. The van der Waals surface area contributed by atoms with Crippen molar-refractivity contribution in [1.82, 2.24) is 10.2 Å². The molecule has 0 aliphatic heterocycles. The number of aromatic nitrogens is 2. The van der Waals surface area contributed by atoms with Crippen LogP contribution in [0.25, 0.3) is 10.9 Å². The van der Waals surface area contributed by atoms with Crippen LogP contribution in [0, 0.1) is 0 Å². The van der Waals surface area contributed by atoms with Gasteiger partial charge in [-0.25, -0.2) is 4.79 Å². The van der Waals surface area contributed by atoms with Crippen molar-refractivity contribution >= 4 is 16.9 Å². The van der Waals surface area contributed by atoms with Gasteiger partial charge in [0.2, 0.25) is 0 Å². The van der Waals surface area contributed by atoms with E-state index in [2.05, 4.69) is 24.0 Å². The van der Waals surface area contributed by atoms with Crippen molar-refractivity contribution < 1.29 is 9.53 Å². The van der Waals surface area contributed by atoms with E-state index >= 15 is 0 Å². The van der Waals surface area contributed by atoms with Crippen molar-refractivity contribution in [3.63, 3.8) is 0 Å². The molecule has 0 bridgehead atoms. The quantitative estimate of drug-likeness (QED) is 0.809. The zero-order valence-electron chi connectivity index (χ0n) is 12.4. The zero-order valence-corrected chi connectivity index (χ0v) is 12.4. The van der Waals surface area contributed by atoms with Crippen LogP contribution in [0.3, 0.4) is 0 Å². The molecule has 0 saturated heterocycles. The van der Waals surface area contributed by atoms with Crippen LogP contribution in [-0.4, -0.2) is 23.3 Å². The highest BCUT2D eigenvalue weighted by Crippen LogP contribution is 2.30. The second kappa shape index (κ2) is 6.55. The number of carbonyl (C=O) groups excluding carboxylic acids is 1. The predicted molar refractivity (Wildman–Crippen MR) is 80.0 cm³/mol. The molecule has 1 heterocycles. The third kappa shape index (κ3) is 2.84. The molecule has 2 rings (SSSR count). The molecule has 0 aliphatic rings. The molecule has 1 aromatic heterocycles. The molecule has 2 aromatic rings. The predicted octanol–water partition coefficient (Wildman–Crippen LogP) is 4.03. The molecule has 1 N–H and O–H groups in total. The highest BCUT2D eigenvalue weighted by atomic mass is 16.5. The second-order valence-electron chi connectivity index (χ2n) is 5.14. The standard InChI is InChI=1S/C16H22N2O2/c1-4-6-11(7-5-2)15-13-10-12(16(19)20-3)8-9-14(13)17-18-15/h8-11H,4-7H2,1-3H3,(H,17,18). The van der Waals surface area contributed by atoms with Gasteiger partial charge in [0.25, 0.3) is 0 Å². The summed E-state index contributed by atoms with van der Waals surface area (Å²) in [5.41, 5.74) is 2.63. The number of fused-ring (bicyclic) bond motifs is 1. The lowest BCUT2D eigenvalue weighted by atomic mass is 9.92. The van der Waals surface area contributed by atoms with Crippen LogP contribution in [-0.2, 0) is 4.74 Å². The van der Waals surface area contributed by atoms with Gasteiger partial charge in [-0.2, -0.15) is 5.10 Å². The molecule has 0 saturated carbocycles. The van der Waals surface area contributed by atoms with Crippen molar-refractivity contribution in [2.45, 2.75) is 45.4 Å². The maximum atomic E-state index is 11.7. The summed E-state index contributed by atoms with van der Waals surface area (Å²) in [4.78, 5) is 11.7. The van der Waals surface area contributed by atoms with Gasteiger partial charge >= 0.3 is 5.97 Å². The smallest absolute Gasteiger partial charge is 0.337 e. The molecular weight excluding hydrogens is 252 g/mol. The van der Waals surface area contributed by atoms with E-state index in [4.69, 9.17) is 4.74 Å². The number of rotatable bonds is 6. The van der Waals surface area contributed by atoms with Crippen LogP contribution < -0.4 is 0 Å². The van der Waals surface area contributed by atoms with E-state index < -0.39 is 0 Å². The molecule has 108 valence electrons. The number of benzene rings is 1. The molecule has 0 aliphatic carbocycles. The number of esters is 1. The first kappa shape index (κ1) is 14.6. The Morgan fingerprint density at radius 2 is 2.00 bits per heavy atom. The van der Waals surface area contributed by atoms with E-state index in [0.29, 0.717) is 11.5 Å². The van der Waals surface area contributed by atoms with Crippen molar-refractivity contribution in [2.24, 2.45) is 0 Å². The van der Waals surface area contributed by atoms with E-state index in [9.17, 15) is 4.79 Å². The lowest BCUT2D eigenvalue weighted by molar-refractivity contribution is 0.0601. The van der Waals surface area contributed by atoms with E-state index in [1.165, 1.54) is 7.11 Å². The minimum atomic E-state index is -0.304. The number of ether oxygens (including phenoxy) is 1. The van der Waals surface area contributed by atoms with E-state index in [1.807, 2.05) is 12.1 Å². The maximum absolute atomic E-state index is 11.7. The Morgan fingerprint density at radius 1 is 1.30 bits per heavy atom. The summed E-state index contributed by atoms with van der Waals surface area (Å²) in [6.07, 6.45) is 4.55. The highest BCUT2D eigenvalue weighted by molar-refractivity contribution is 5.95. The molecule has 0 amide bonds. The summed E-state index contributed by atoms with van der Waals surface area (Å²) in [5, 5.41) is 8.56. The Hall–Kier alpha value is -1.84. The van der Waals surface area contributed by atoms with Crippen molar-refractivity contribution in [2.75, 3.05) is 7.11 Å². The average Bonchev–Trinajstić information content (AvgIpc) is 2.89. The SMILES string of the molecule is CCCC(CCC)c1[nH]nc2ccc(C(=O)OC)cc12. The Bertz CT molecular complexity index is 583. The van der Waals surface area contributed by atoms with Gasteiger partial charge in [-0.3, -0.25) is 5.10 Å². The first-order valence-electron chi connectivity index (χ1n) is 7.27. The number of hydrogen-bond acceptors (Lipinski definition) is 3. The van der Waals surface area contributed by atoms with Gasteiger partial charge in [0, 0.05) is 17.0 Å². The van der Waals surface area contributed by atoms with Gasteiger partial charge in [-0.05, 0) is 31.0 Å². The van der Waals surface area contributed by atoms with E-state index in [-0.39, 0.29) is 5.97 Å². The number of nitrogens with zero attached hydrogens (tertiary/aromatic N) is 1. The maximum Gasteiger partial charge on any atom is 0.337 e. The van der Waals surface area contributed by atoms with Gasteiger partial charge in [0.1, 0.15) is 0 Å². The first-order valence-corrected chi connectivity index (χ1v) is 7.27. The topological polar surface area (TPSA) is 55.0 Å². The number of hydrogen-bond donors (Lipinski definition) is 1. The Morgan fingerprint density at radius 3 is 2.60 bits per heavy atom. The fourth-order valence-corrected chi connectivity index (χ4v) is 2.72. The van der Waals surface area contributed by atoms with E-state index in [0.717, 1.165) is 42.3 Å². The number of aromatic amines is 1. The number of nitrogens with one attached hydrogen (secondary N) is 1. The largest absolute Gasteiger partial charge is 0.465 e. The molecule has 0 radical (unpaired) electrons. The van der Waals surface area contributed by atoms with Crippen LogP contribution in [0.15, 0.2) is 18.2 Å². The Labute approximate surface area is 119 Å². The Kier molecular flexibility index (Phi) is 4.77. The molecule has 4 heteroatoms. The summed E-state index contributed by atoms with van der Waals surface area (Å²) >= 11 is 0. The fraction of sp³-hybridized carbons (Fsp3) is 0.500. The molecule has 0 unspecified atom stereocenters. The van der Waals surface area contributed by atoms with Crippen molar-refractivity contribution in [3.05, 3.63) is 29.5 Å². The van der Waals surface area contributed by atoms with Gasteiger partial charge in [-0.1, -0.05) is 26.7 Å². The zero-order chi connectivity index (χ0) is 14.5. The molecule has 0 atom stereocenters. The molecule has 0 fully saturated rings. The number of carbonyl (C=O) groups is 1. The van der Waals surface area contributed by atoms with Crippen molar-refractivity contribution in [3.8, 4) is 0 Å². The van der Waals surface area contributed by atoms with Gasteiger partial charge in [0.15, 0.2) is 0 Å². The van der Waals surface area contributed by atoms with Gasteiger partial charge in [0.05, 0.1) is 18.2 Å². The second-order valence-corrected chi connectivity index (χ2v) is 5.14. The lowest BCUT2D eigenvalue weighted by Gasteiger charge is -2.13. The Balaban J connectivity index is 2.44. The fourth-order valence-electron chi connectivity index (χ4n) is 2.72. The number of methoxy groups -OCH3 is 1. The molecule has 1 aromatic carbocycles. The summed E-state index contributed by atoms with van der Waals surface area (Å²) in [7, 11) is 1.40. The van der Waals surface area contributed by atoms with Crippen LogP contribution in [0.4, 0.5) is 0 Å². The van der Waals surface area contributed by atoms with Crippen LogP contribution in [0.1, 0.15) is 61.5 Å². The molecule has 4 nitrogen and oxygen atoms in total. The molecule has 20 heavy (non-hydrogen) atoms. The first-order chi connectivity index (χ1) is 9.71. The third-order valence-electron chi connectivity index (χ3n) is 3.69. The van der Waals surface area contributed by atoms with Crippen LogP contribution >= 0.6 is 0 Å². The van der Waals surface area contributed by atoms with Crippen molar-refractivity contribution in [1.29, 1.82) is 0 Å². The number of H-pyrrole nitrogens is 1. The van der Waals surface area contributed by atoms with E-state index in [1.54, 1.807) is 6.07 Å².